The highest BCUT2D eigenvalue weighted by molar-refractivity contribution is 7.92. The van der Waals surface area contributed by atoms with Crippen LogP contribution in [0, 0.1) is 18.3 Å². The van der Waals surface area contributed by atoms with E-state index in [0.717, 1.165) is 39.7 Å². The number of carbonyl (C=O) groups is 1. The zero-order chi connectivity index (χ0) is 30.5. The monoisotopic (exact) mass is 589 g/mol. The number of hydrogen-bond acceptors (Lipinski definition) is 6. The number of hydrogen-bond donors (Lipinski definition) is 1. The second-order valence-corrected chi connectivity index (χ2v) is 12.3. The van der Waals surface area contributed by atoms with E-state index in [1.54, 1.807) is 31.6 Å². The van der Waals surface area contributed by atoms with Crippen molar-refractivity contribution in [2.75, 3.05) is 24.7 Å². The van der Waals surface area contributed by atoms with Crippen molar-refractivity contribution >= 4 is 43.6 Å². The summed E-state index contributed by atoms with van der Waals surface area (Å²) in [6.45, 7) is 1.98. The third kappa shape index (κ3) is 4.90. The molecular weight excluding hydrogens is 562 g/mol. The molecule has 0 aliphatic carbocycles. The average molecular weight is 590 g/mol. The normalized spacial score (nSPS) is 11.5. The van der Waals surface area contributed by atoms with Crippen molar-refractivity contribution in [3.63, 3.8) is 0 Å². The molecule has 4 aromatic carbocycles. The molecule has 1 amide bonds. The molecule has 10 heteroatoms. The van der Waals surface area contributed by atoms with Crippen LogP contribution in [-0.4, -0.2) is 44.2 Å². The third-order valence-electron chi connectivity index (χ3n) is 7.54. The maximum atomic E-state index is 13.3. The highest BCUT2D eigenvalue weighted by Gasteiger charge is 2.26. The Morgan fingerprint density at radius 3 is 2.35 bits per heavy atom. The van der Waals surface area contributed by atoms with Crippen molar-refractivity contribution in [2.24, 2.45) is 0 Å². The van der Waals surface area contributed by atoms with E-state index in [0.29, 0.717) is 39.1 Å². The Hall–Kier alpha value is -5.40. The Balaban J connectivity index is 1.62. The van der Waals surface area contributed by atoms with E-state index in [1.807, 2.05) is 72.2 Å². The van der Waals surface area contributed by atoms with Crippen molar-refractivity contribution < 1.29 is 17.6 Å². The van der Waals surface area contributed by atoms with Gasteiger partial charge >= 0.3 is 0 Å². The lowest BCUT2D eigenvalue weighted by molar-refractivity contribution is 0.0964. The molecule has 43 heavy (non-hydrogen) atoms. The minimum Gasteiger partial charge on any atom is -0.455 e. The molecule has 0 atom stereocenters. The van der Waals surface area contributed by atoms with Gasteiger partial charge in [0, 0.05) is 42.4 Å². The van der Waals surface area contributed by atoms with Gasteiger partial charge in [-0.2, -0.15) is 5.26 Å². The van der Waals surface area contributed by atoms with Gasteiger partial charge in [0.2, 0.25) is 10.0 Å². The number of carbonyl (C=O) groups excluding carboxylic acids is 1. The van der Waals surface area contributed by atoms with Gasteiger partial charge in [0.05, 0.1) is 40.2 Å². The van der Waals surface area contributed by atoms with E-state index in [2.05, 4.69) is 16.4 Å². The second kappa shape index (κ2) is 10.5. The molecule has 0 aliphatic rings. The van der Waals surface area contributed by atoms with E-state index in [9.17, 15) is 18.5 Å². The lowest BCUT2D eigenvalue weighted by Crippen LogP contribution is -2.25. The number of nitriles is 1. The first-order valence-electron chi connectivity index (χ1n) is 13.4. The Labute approximate surface area is 248 Å². The molecule has 2 aromatic heterocycles. The Kier molecular flexibility index (Phi) is 6.75. The Morgan fingerprint density at radius 1 is 1.00 bits per heavy atom. The first-order valence-corrected chi connectivity index (χ1v) is 15.3. The standard InChI is InChI=1S/C33H27N5O4S/c1-20-5-9-22(10-6-20)32-31(33(39)35-2)26-16-25(28(17-30(26)42-32)37(3)43(4,40)41)23-11-14-27-29(15-23)38(19-36-27)24-12-7-21(18-34)8-13-24/h5-17,19H,1-4H3,(H,35,39). The van der Waals surface area contributed by atoms with Gasteiger partial charge in [-0.3, -0.25) is 13.7 Å². The van der Waals surface area contributed by atoms with Gasteiger partial charge < -0.3 is 9.73 Å². The molecule has 2 heterocycles. The zero-order valence-corrected chi connectivity index (χ0v) is 24.7. The summed E-state index contributed by atoms with van der Waals surface area (Å²) in [6, 6.07) is 26.1. The number of amides is 1. The van der Waals surface area contributed by atoms with Crippen molar-refractivity contribution in [2.45, 2.75) is 6.92 Å². The number of benzene rings is 4. The summed E-state index contributed by atoms with van der Waals surface area (Å²) in [5, 5.41) is 12.5. The largest absolute Gasteiger partial charge is 0.455 e. The highest BCUT2D eigenvalue weighted by atomic mass is 32.2. The van der Waals surface area contributed by atoms with Gasteiger partial charge in [-0.05, 0) is 55.0 Å². The predicted molar refractivity (Wildman–Crippen MR) is 168 cm³/mol. The number of imidazole rings is 1. The van der Waals surface area contributed by atoms with Crippen LogP contribution in [0.3, 0.4) is 0 Å². The van der Waals surface area contributed by atoms with E-state index < -0.39 is 10.0 Å². The van der Waals surface area contributed by atoms with Crippen LogP contribution >= 0.6 is 0 Å². The van der Waals surface area contributed by atoms with Crippen LogP contribution < -0.4 is 9.62 Å². The number of nitrogens with one attached hydrogen (secondary N) is 1. The van der Waals surface area contributed by atoms with E-state index >= 15 is 0 Å². The molecule has 1 N–H and O–H groups in total. The van der Waals surface area contributed by atoms with Crippen LogP contribution in [0.4, 0.5) is 5.69 Å². The van der Waals surface area contributed by atoms with Gasteiger partial charge in [-0.25, -0.2) is 13.4 Å². The van der Waals surface area contributed by atoms with Crippen LogP contribution in [0.15, 0.2) is 89.6 Å². The summed E-state index contributed by atoms with van der Waals surface area (Å²) in [4.78, 5) is 17.8. The van der Waals surface area contributed by atoms with Gasteiger partial charge in [0.1, 0.15) is 17.7 Å². The summed E-state index contributed by atoms with van der Waals surface area (Å²) in [7, 11) is -0.608. The van der Waals surface area contributed by atoms with Crippen LogP contribution in [0.25, 0.3) is 50.1 Å². The van der Waals surface area contributed by atoms with Gasteiger partial charge in [0.15, 0.2) is 0 Å². The zero-order valence-electron chi connectivity index (χ0n) is 23.9. The minimum absolute atomic E-state index is 0.321. The summed E-state index contributed by atoms with van der Waals surface area (Å²) in [5.41, 5.74) is 7.14. The van der Waals surface area contributed by atoms with Crippen LogP contribution in [0.5, 0.6) is 0 Å². The number of furan rings is 1. The lowest BCUT2D eigenvalue weighted by Gasteiger charge is -2.21. The number of aromatic nitrogens is 2. The molecule has 9 nitrogen and oxygen atoms in total. The third-order valence-corrected chi connectivity index (χ3v) is 8.74. The summed E-state index contributed by atoms with van der Waals surface area (Å²) >= 11 is 0. The highest BCUT2D eigenvalue weighted by Crippen LogP contribution is 2.42. The topological polar surface area (TPSA) is 121 Å². The molecule has 6 rings (SSSR count). The Morgan fingerprint density at radius 2 is 1.70 bits per heavy atom. The smallest absolute Gasteiger partial charge is 0.255 e. The predicted octanol–water partition coefficient (Wildman–Crippen LogP) is 6.04. The number of sulfonamides is 1. The molecule has 0 saturated heterocycles. The first-order chi connectivity index (χ1) is 20.6. The molecule has 6 aromatic rings. The van der Waals surface area contributed by atoms with Gasteiger partial charge in [-0.15, -0.1) is 0 Å². The fourth-order valence-electron chi connectivity index (χ4n) is 5.14. The molecule has 0 radical (unpaired) electrons. The number of fused-ring (bicyclic) bond motifs is 2. The molecule has 0 fully saturated rings. The fraction of sp³-hybridized carbons (Fsp3) is 0.121. The maximum Gasteiger partial charge on any atom is 0.255 e. The van der Waals surface area contributed by atoms with Gasteiger partial charge in [-0.1, -0.05) is 35.9 Å². The van der Waals surface area contributed by atoms with Crippen LogP contribution in [0.2, 0.25) is 0 Å². The number of rotatable bonds is 6. The summed E-state index contributed by atoms with van der Waals surface area (Å²) in [5.74, 6) is 0.0765. The maximum absolute atomic E-state index is 13.3. The van der Waals surface area contributed by atoms with Crippen LogP contribution in [-0.2, 0) is 10.0 Å². The quantitative estimate of drug-likeness (QED) is 0.253. The van der Waals surface area contributed by atoms with Crippen molar-refractivity contribution in [1.29, 1.82) is 5.26 Å². The minimum atomic E-state index is -3.66. The average Bonchev–Trinajstić information content (AvgIpc) is 3.60. The summed E-state index contributed by atoms with van der Waals surface area (Å²) < 4.78 is 35.0. The van der Waals surface area contributed by atoms with E-state index in [-0.39, 0.29) is 5.91 Å². The molecule has 214 valence electrons. The number of aryl methyl sites for hydroxylation is 1. The van der Waals surface area contributed by atoms with Gasteiger partial charge in [0.25, 0.3) is 5.91 Å². The van der Waals surface area contributed by atoms with Crippen LogP contribution in [0.1, 0.15) is 21.5 Å². The second-order valence-electron chi connectivity index (χ2n) is 10.3. The lowest BCUT2D eigenvalue weighted by atomic mass is 9.98. The van der Waals surface area contributed by atoms with Crippen molar-refractivity contribution in [3.05, 3.63) is 102 Å². The van der Waals surface area contributed by atoms with Crippen molar-refractivity contribution in [3.8, 4) is 34.2 Å². The molecular formula is C33H27N5O4S. The van der Waals surface area contributed by atoms with Crippen molar-refractivity contribution in [1.82, 2.24) is 14.9 Å². The molecule has 0 aliphatic heterocycles. The molecule has 0 unspecified atom stereocenters. The number of anilines is 1. The summed E-state index contributed by atoms with van der Waals surface area (Å²) in [6.07, 6.45) is 2.84. The Bertz CT molecular complexity index is 2190. The number of nitrogens with zero attached hydrogens (tertiary/aromatic N) is 4. The van der Waals surface area contributed by atoms with E-state index in [4.69, 9.17) is 4.42 Å². The van der Waals surface area contributed by atoms with E-state index in [1.165, 1.54) is 11.4 Å². The first kappa shape index (κ1) is 27.8. The molecule has 0 saturated carbocycles. The molecule has 0 spiro atoms. The molecule has 0 bridgehead atoms. The SMILES string of the molecule is CNC(=O)c1c(-c2ccc(C)cc2)oc2cc(N(C)S(C)(=O)=O)c(-c3ccc4ncn(-c5ccc(C#N)cc5)c4c3)cc12. The fourth-order valence-corrected chi connectivity index (χ4v) is 5.65.